The SMILES string of the molecule is CC1OCCC1(O)C1=CCCCCCC1. The first-order valence-electron chi connectivity index (χ1n) is 6.27. The molecule has 0 spiro atoms. The van der Waals surface area contributed by atoms with Gasteiger partial charge < -0.3 is 9.84 Å². The summed E-state index contributed by atoms with van der Waals surface area (Å²) in [5.41, 5.74) is 0.587. The van der Waals surface area contributed by atoms with Crippen molar-refractivity contribution in [3.05, 3.63) is 11.6 Å². The summed E-state index contributed by atoms with van der Waals surface area (Å²) < 4.78 is 5.50. The van der Waals surface area contributed by atoms with Crippen molar-refractivity contribution in [2.24, 2.45) is 0 Å². The van der Waals surface area contributed by atoms with E-state index in [9.17, 15) is 5.11 Å². The molecule has 1 heterocycles. The first-order valence-corrected chi connectivity index (χ1v) is 6.27. The number of hydrogen-bond acceptors (Lipinski definition) is 2. The largest absolute Gasteiger partial charge is 0.383 e. The van der Waals surface area contributed by atoms with Crippen LogP contribution in [0.3, 0.4) is 0 Å². The lowest BCUT2D eigenvalue weighted by Gasteiger charge is -2.30. The summed E-state index contributed by atoms with van der Waals surface area (Å²) in [7, 11) is 0. The van der Waals surface area contributed by atoms with Crippen LogP contribution in [-0.2, 0) is 4.74 Å². The molecule has 86 valence electrons. The highest BCUT2D eigenvalue weighted by Gasteiger charge is 2.42. The van der Waals surface area contributed by atoms with Gasteiger partial charge in [0.2, 0.25) is 0 Å². The van der Waals surface area contributed by atoms with E-state index in [0.717, 1.165) is 19.3 Å². The van der Waals surface area contributed by atoms with Crippen LogP contribution in [0.15, 0.2) is 11.6 Å². The van der Waals surface area contributed by atoms with Gasteiger partial charge in [0, 0.05) is 6.42 Å². The minimum atomic E-state index is -0.655. The van der Waals surface area contributed by atoms with Crippen LogP contribution in [0.1, 0.15) is 51.9 Å². The fourth-order valence-electron chi connectivity index (χ4n) is 2.74. The molecule has 0 radical (unpaired) electrons. The third kappa shape index (κ3) is 2.26. The van der Waals surface area contributed by atoms with Gasteiger partial charge in [-0.2, -0.15) is 0 Å². The van der Waals surface area contributed by atoms with Gasteiger partial charge in [0.25, 0.3) is 0 Å². The minimum Gasteiger partial charge on any atom is -0.383 e. The molecule has 1 fully saturated rings. The average Bonchev–Trinajstić information content (AvgIpc) is 2.47. The lowest BCUT2D eigenvalue weighted by atomic mass is 9.82. The van der Waals surface area contributed by atoms with Gasteiger partial charge >= 0.3 is 0 Å². The molecule has 1 N–H and O–H groups in total. The molecule has 1 aliphatic carbocycles. The molecule has 0 aromatic carbocycles. The van der Waals surface area contributed by atoms with Crippen molar-refractivity contribution in [1.82, 2.24) is 0 Å². The third-order valence-electron chi connectivity index (χ3n) is 3.87. The molecule has 1 saturated heterocycles. The van der Waals surface area contributed by atoms with Crippen LogP contribution in [0.2, 0.25) is 0 Å². The van der Waals surface area contributed by atoms with Crippen LogP contribution in [0.4, 0.5) is 0 Å². The lowest BCUT2D eigenvalue weighted by molar-refractivity contribution is -0.00349. The van der Waals surface area contributed by atoms with E-state index in [1.807, 2.05) is 6.92 Å². The Morgan fingerprint density at radius 1 is 1.33 bits per heavy atom. The maximum Gasteiger partial charge on any atom is 0.114 e. The van der Waals surface area contributed by atoms with E-state index in [1.165, 1.54) is 31.3 Å². The average molecular weight is 210 g/mol. The Bertz CT molecular complexity index is 247. The number of hydrogen-bond donors (Lipinski definition) is 1. The number of aliphatic hydroxyl groups is 1. The molecule has 0 aromatic rings. The Kier molecular flexibility index (Phi) is 3.47. The standard InChI is InChI=1S/C13H22O2/c1-11-13(14,9-10-15-11)12-7-5-3-2-4-6-8-12/h7,11,14H,2-6,8-10H2,1H3. The first kappa shape index (κ1) is 11.2. The van der Waals surface area contributed by atoms with Crippen molar-refractivity contribution in [2.45, 2.75) is 63.6 Å². The number of rotatable bonds is 1. The zero-order valence-corrected chi connectivity index (χ0v) is 9.67. The Hall–Kier alpha value is -0.340. The van der Waals surface area contributed by atoms with E-state index in [-0.39, 0.29) is 6.10 Å². The maximum absolute atomic E-state index is 10.6. The molecule has 1 aliphatic heterocycles. The first-order chi connectivity index (χ1) is 7.23. The second-order valence-electron chi connectivity index (χ2n) is 4.87. The van der Waals surface area contributed by atoms with Gasteiger partial charge in [-0.25, -0.2) is 0 Å². The lowest BCUT2D eigenvalue weighted by Crippen LogP contribution is -2.38. The van der Waals surface area contributed by atoms with E-state index >= 15 is 0 Å². The normalized spacial score (nSPS) is 38.3. The summed E-state index contributed by atoms with van der Waals surface area (Å²) in [6, 6.07) is 0. The Labute approximate surface area is 92.3 Å². The van der Waals surface area contributed by atoms with E-state index in [4.69, 9.17) is 4.74 Å². The van der Waals surface area contributed by atoms with E-state index in [1.54, 1.807) is 0 Å². The molecule has 0 bridgehead atoms. The third-order valence-corrected chi connectivity index (χ3v) is 3.87. The van der Waals surface area contributed by atoms with Crippen LogP contribution in [0, 0.1) is 0 Å². The maximum atomic E-state index is 10.6. The van der Waals surface area contributed by atoms with Crippen LogP contribution < -0.4 is 0 Å². The molecular formula is C13H22O2. The number of ether oxygens (including phenoxy) is 1. The monoisotopic (exact) mass is 210 g/mol. The molecule has 2 aliphatic rings. The van der Waals surface area contributed by atoms with Crippen LogP contribution in [0.25, 0.3) is 0 Å². The van der Waals surface area contributed by atoms with Crippen molar-refractivity contribution in [3.8, 4) is 0 Å². The molecule has 2 rings (SSSR count). The summed E-state index contributed by atoms with van der Waals surface area (Å²) in [5, 5.41) is 10.6. The highest BCUT2D eigenvalue weighted by molar-refractivity contribution is 5.21. The second kappa shape index (κ2) is 4.67. The van der Waals surface area contributed by atoms with E-state index in [0.29, 0.717) is 6.61 Å². The predicted molar refractivity (Wildman–Crippen MR) is 60.8 cm³/mol. The van der Waals surface area contributed by atoms with Gasteiger partial charge in [0.1, 0.15) is 5.60 Å². The van der Waals surface area contributed by atoms with Crippen molar-refractivity contribution in [3.63, 3.8) is 0 Å². The Morgan fingerprint density at radius 2 is 2.13 bits per heavy atom. The van der Waals surface area contributed by atoms with Crippen molar-refractivity contribution in [1.29, 1.82) is 0 Å². The minimum absolute atomic E-state index is 0.0248. The Balaban J connectivity index is 2.12. The molecule has 15 heavy (non-hydrogen) atoms. The second-order valence-corrected chi connectivity index (χ2v) is 4.87. The van der Waals surface area contributed by atoms with Crippen LogP contribution >= 0.6 is 0 Å². The Morgan fingerprint density at radius 3 is 2.87 bits per heavy atom. The van der Waals surface area contributed by atoms with Gasteiger partial charge in [-0.3, -0.25) is 0 Å². The van der Waals surface area contributed by atoms with Crippen molar-refractivity contribution >= 4 is 0 Å². The van der Waals surface area contributed by atoms with E-state index < -0.39 is 5.60 Å². The fourth-order valence-corrected chi connectivity index (χ4v) is 2.74. The molecule has 2 nitrogen and oxygen atoms in total. The summed E-state index contributed by atoms with van der Waals surface area (Å²) in [6.07, 6.45) is 10.4. The van der Waals surface area contributed by atoms with Gasteiger partial charge in [-0.05, 0) is 38.2 Å². The van der Waals surface area contributed by atoms with Gasteiger partial charge in [-0.15, -0.1) is 0 Å². The van der Waals surface area contributed by atoms with Gasteiger partial charge in [0.05, 0.1) is 12.7 Å². The van der Waals surface area contributed by atoms with E-state index in [2.05, 4.69) is 6.08 Å². The number of allylic oxidation sites excluding steroid dienone is 1. The zero-order chi connectivity index (χ0) is 10.7. The molecule has 2 heteroatoms. The summed E-state index contributed by atoms with van der Waals surface area (Å²) in [5.74, 6) is 0. The fraction of sp³-hybridized carbons (Fsp3) is 0.846. The molecule has 0 aromatic heterocycles. The zero-order valence-electron chi connectivity index (χ0n) is 9.67. The quantitative estimate of drug-likeness (QED) is 0.674. The molecule has 0 amide bonds. The van der Waals surface area contributed by atoms with Gasteiger partial charge in [-0.1, -0.05) is 18.9 Å². The highest BCUT2D eigenvalue weighted by Crippen LogP contribution is 2.36. The van der Waals surface area contributed by atoms with Crippen molar-refractivity contribution in [2.75, 3.05) is 6.61 Å². The summed E-state index contributed by atoms with van der Waals surface area (Å²) in [4.78, 5) is 0. The topological polar surface area (TPSA) is 29.5 Å². The summed E-state index contributed by atoms with van der Waals surface area (Å²) in [6.45, 7) is 2.70. The molecule has 2 unspecified atom stereocenters. The predicted octanol–water partition coefficient (Wildman–Crippen LogP) is 2.81. The molecule has 0 saturated carbocycles. The summed E-state index contributed by atoms with van der Waals surface area (Å²) >= 11 is 0. The molecule has 2 atom stereocenters. The molecular weight excluding hydrogens is 188 g/mol. The highest BCUT2D eigenvalue weighted by atomic mass is 16.5. The van der Waals surface area contributed by atoms with Crippen molar-refractivity contribution < 1.29 is 9.84 Å². The smallest absolute Gasteiger partial charge is 0.114 e. The van der Waals surface area contributed by atoms with Crippen LogP contribution in [0.5, 0.6) is 0 Å². The van der Waals surface area contributed by atoms with Gasteiger partial charge in [0.15, 0.2) is 0 Å². The van der Waals surface area contributed by atoms with Crippen LogP contribution in [-0.4, -0.2) is 23.4 Å².